The Morgan fingerprint density at radius 3 is 2.65 bits per heavy atom. The molecule has 2 N–H and O–H groups in total. The Morgan fingerprint density at radius 2 is 2.12 bits per heavy atom. The number of aryl methyl sites for hydroxylation is 1. The highest BCUT2D eigenvalue weighted by molar-refractivity contribution is 5.92. The van der Waals surface area contributed by atoms with Crippen molar-refractivity contribution in [1.29, 1.82) is 0 Å². The molecule has 0 saturated heterocycles. The van der Waals surface area contributed by atoms with E-state index in [4.69, 9.17) is 5.73 Å². The minimum atomic E-state index is -0.443. The van der Waals surface area contributed by atoms with Crippen LogP contribution in [-0.2, 0) is 6.54 Å². The Kier molecular flexibility index (Phi) is 2.61. The maximum Gasteiger partial charge on any atom is 0.271 e. The van der Waals surface area contributed by atoms with Gasteiger partial charge in [-0.25, -0.2) is 4.68 Å². The van der Waals surface area contributed by atoms with Gasteiger partial charge in [0, 0.05) is 12.5 Å². The van der Waals surface area contributed by atoms with E-state index in [1.54, 1.807) is 0 Å². The van der Waals surface area contributed by atoms with Crippen LogP contribution in [0.1, 0.15) is 60.6 Å². The number of nitrogens with zero attached hydrogens (tertiary/aromatic N) is 3. The first-order valence-electron chi connectivity index (χ1n) is 6.49. The molecule has 1 heterocycles. The molecule has 5 nitrogen and oxygen atoms in total. The van der Waals surface area contributed by atoms with Crippen LogP contribution in [0.25, 0.3) is 0 Å². The summed E-state index contributed by atoms with van der Waals surface area (Å²) >= 11 is 0. The van der Waals surface area contributed by atoms with E-state index < -0.39 is 5.91 Å². The number of rotatable bonds is 5. The second kappa shape index (κ2) is 4.13. The highest BCUT2D eigenvalue weighted by Gasteiger charge is 2.33. The first kappa shape index (κ1) is 10.7. The lowest BCUT2D eigenvalue weighted by Crippen LogP contribution is -2.17. The van der Waals surface area contributed by atoms with Crippen LogP contribution in [0.3, 0.4) is 0 Å². The molecule has 5 heteroatoms. The minimum Gasteiger partial charge on any atom is -0.364 e. The highest BCUT2D eigenvalue weighted by atomic mass is 16.1. The van der Waals surface area contributed by atoms with E-state index >= 15 is 0 Å². The summed E-state index contributed by atoms with van der Waals surface area (Å²) in [7, 11) is 0. The van der Waals surface area contributed by atoms with Crippen molar-refractivity contribution >= 4 is 5.91 Å². The smallest absolute Gasteiger partial charge is 0.271 e. The van der Waals surface area contributed by atoms with Gasteiger partial charge in [0.15, 0.2) is 5.69 Å². The number of hydrogen-bond donors (Lipinski definition) is 1. The first-order valence-corrected chi connectivity index (χ1v) is 6.49. The molecule has 2 aliphatic carbocycles. The molecule has 0 bridgehead atoms. The van der Waals surface area contributed by atoms with Crippen LogP contribution in [0.4, 0.5) is 0 Å². The van der Waals surface area contributed by atoms with Crippen molar-refractivity contribution in [2.24, 2.45) is 11.7 Å². The van der Waals surface area contributed by atoms with Crippen LogP contribution in [0, 0.1) is 5.92 Å². The molecular formula is C12H18N4O. The van der Waals surface area contributed by atoms with Crippen molar-refractivity contribution in [1.82, 2.24) is 15.0 Å². The topological polar surface area (TPSA) is 73.8 Å². The summed E-state index contributed by atoms with van der Waals surface area (Å²) in [6.07, 6.45) is 7.48. The fraction of sp³-hybridized carbons (Fsp3) is 0.750. The normalized spacial score (nSPS) is 20.2. The van der Waals surface area contributed by atoms with Gasteiger partial charge < -0.3 is 5.73 Å². The van der Waals surface area contributed by atoms with Crippen LogP contribution in [0.15, 0.2) is 0 Å². The van der Waals surface area contributed by atoms with Crippen molar-refractivity contribution in [2.75, 3.05) is 0 Å². The van der Waals surface area contributed by atoms with Gasteiger partial charge in [0.1, 0.15) is 0 Å². The second-order valence-corrected chi connectivity index (χ2v) is 5.27. The molecule has 2 fully saturated rings. The molecule has 1 aromatic rings. The molecular weight excluding hydrogens is 216 g/mol. The number of nitrogens with two attached hydrogens (primary N) is 1. The van der Waals surface area contributed by atoms with Gasteiger partial charge in [0.25, 0.3) is 5.91 Å². The first-order chi connectivity index (χ1) is 8.25. The van der Waals surface area contributed by atoms with Gasteiger partial charge >= 0.3 is 0 Å². The molecule has 2 saturated carbocycles. The SMILES string of the molecule is NC(=O)c1nnn(CCC2CCC2)c1C1CC1. The molecule has 0 aromatic carbocycles. The van der Waals surface area contributed by atoms with Crippen LogP contribution >= 0.6 is 0 Å². The summed E-state index contributed by atoms with van der Waals surface area (Å²) < 4.78 is 1.91. The van der Waals surface area contributed by atoms with Gasteiger partial charge in [0.05, 0.1) is 5.69 Å². The number of carbonyl (C=O) groups is 1. The van der Waals surface area contributed by atoms with Gasteiger partial charge in [-0.3, -0.25) is 4.79 Å². The minimum absolute atomic E-state index is 0.390. The molecule has 0 aliphatic heterocycles. The third-order valence-electron chi connectivity index (χ3n) is 3.94. The van der Waals surface area contributed by atoms with Crippen LogP contribution in [-0.4, -0.2) is 20.9 Å². The Hall–Kier alpha value is -1.39. The molecule has 0 radical (unpaired) electrons. The lowest BCUT2D eigenvalue weighted by Gasteiger charge is -2.25. The van der Waals surface area contributed by atoms with Gasteiger partial charge in [-0.2, -0.15) is 0 Å². The van der Waals surface area contributed by atoms with Crippen molar-refractivity contribution < 1.29 is 4.79 Å². The Bertz CT molecular complexity index is 432. The van der Waals surface area contributed by atoms with Gasteiger partial charge in [-0.15, -0.1) is 5.10 Å². The number of hydrogen-bond acceptors (Lipinski definition) is 3. The summed E-state index contributed by atoms with van der Waals surface area (Å²) in [6.45, 7) is 0.886. The Morgan fingerprint density at radius 1 is 1.35 bits per heavy atom. The van der Waals surface area contributed by atoms with Crippen molar-refractivity contribution in [2.45, 2.75) is 51.0 Å². The summed E-state index contributed by atoms with van der Waals surface area (Å²) in [5.74, 6) is 0.874. The van der Waals surface area contributed by atoms with E-state index in [2.05, 4.69) is 10.3 Å². The zero-order valence-corrected chi connectivity index (χ0v) is 9.93. The fourth-order valence-corrected chi connectivity index (χ4v) is 2.51. The molecule has 3 rings (SSSR count). The van der Waals surface area contributed by atoms with Crippen LogP contribution in [0.5, 0.6) is 0 Å². The lowest BCUT2D eigenvalue weighted by atomic mass is 9.83. The van der Waals surface area contributed by atoms with E-state index in [0.717, 1.165) is 37.4 Å². The van der Waals surface area contributed by atoms with E-state index in [1.807, 2.05) is 4.68 Å². The highest BCUT2D eigenvalue weighted by Crippen LogP contribution is 2.41. The molecule has 17 heavy (non-hydrogen) atoms. The van der Waals surface area contributed by atoms with Gasteiger partial charge in [-0.05, 0) is 25.2 Å². The Balaban J connectivity index is 1.75. The van der Waals surface area contributed by atoms with E-state index in [9.17, 15) is 4.79 Å². The van der Waals surface area contributed by atoms with E-state index in [0.29, 0.717) is 11.6 Å². The van der Waals surface area contributed by atoms with Crippen molar-refractivity contribution in [3.63, 3.8) is 0 Å². The fourth-order valence-electron chi connectivity index (χ4n) is 2.51. The standard InChI is InChI=1S/C12H18N4O/c13-12(17)10-11(9-4-5-9)16(15-14-10)7-6-8-2-1-3-8/h8-9H,1-7H2,(H2,13,17). The molecule has 2 aliphatic rings. The summed E-state index contributed by atoms with van der Waals surface area (Å²) in [4.78, 5) is 11.3. The Labute approximate surface area is 100 Å². The molecule has 0 unspecified atom stereocenters. The number of primary amides is 1. The molecule has 1 aromatic heterocycles. The van der Waals surface area contributed by atoms with E-state index in [1.165, 1.54) is 19.3 Å². The lowest BCUT2D eigenvalue weighted by molar-refractivity contribution is 0.0994. The number of amides is 1. The van der Waals surface area contributed by atoms with Crippen molar-refractivity contribution in [3.8, 4) is 0 Å². The largest absolute Gasteiger partial charge is 0.364 e. The molecule has 0 spiro atoms. The third kappa shape index (κ3) is 2.06. The van der Waals surface area contributed by atoms with Crippen molar-refractivity contribution in [3.05, 3.63) is 11.4 Å². The third-order valence-corrected chi connectivity index (χ3v) is 3.94. The predicted molar refractivity (Wildman–Crippen MR) is 62.5 cm³/mol. The number of carbonyl (C=O) groups excluding carboxylic acids is 1. The summed E-state index contributed by atoms with van der Waals surface area (Å²) in [5, 5.41) is 8.03. The predicted octanol–water partition coefficient (Wildman–Crippen LogP) is 1.44. The van der Waals surface area contributed by atoms with Gasteiger partial charge in [-0.1, -0.05) is 24.5 Å². The van der Waals surface area contributed by atoms with Gasteiger partial charge in [0.2, 0.25) is 0 Å². The monoisotopic (exact) mass is 234 g/mol. The maximum atomic E-state index is 11.3. The zero-order valence-electron chi connectivity index (χ0n) is 9.93. The summed E-state index contributed by atoms with van der Waals surface area (Å²) in [6, 6.07) is 0. The summed E-state index contributed by atoms with van der Waals surface area (Å²) in [5.41, 5.74) is 6.71. The number of aromatic nitrogens is 3. The average molecular weight is 234 g/mol. The quantitative estimate of drug-likeness (QED) is 0.837. The molecule has 0 atom stereocenters. The van der Waals surface area contributed by atoms with Crippen LogP contribution in [0.2, 0.25) is 0 Å². The maximum absolute atomic E-state index is 11.3. The average Bonchev–Trinajstić information content (AvgIpc) is 2.97. The van der Waals surface area contributed by atoms with Crippen LogP contribution < -0.4 is 5.73 Å². The van der Waals surface area contributed by atoms with E-state index in [-0.39, 0.29) is 0 Å². The zero-order chi connectivity index (χ0) is 11.8. The second-order valence-electron chi connectivity index (χ2n) is 5.27. The molecule has 1 amide bonds. The molecule has 92 valence electrons.